The lowest BCUT2D eigenvalue weighted by atomic mass is 9.96. The Morgan fingerprint density at radius 2 is 2.43 bits per heavy atom. The number of morpholine rings is 1. The Morgan fingerprint density at radius 3 is 3.13 bits per heavy atom. The van der Waals surface area contributed by atoms with E-state index in [1.54, 1.807) is 11.3 Å². The van der Waals surface area contributed by atoms with Crippen molar-refractivity contribution in [2.45, 2.75) is 31.4 Å². The molecule has 1 aromatic heterocycles. The third-order valence-electron chi connectivity index (χ3n) is 4.52. The van der Waals surface area contributed by atoms with Crippen LogP contribution in [0.2, 0.25) is 0 Å². The molecule has 0 spiro atoms. The third kappa shape index (κ3) is 4.67. The van der Waals surface area contributed by atoms with Crippen molar-refractivity contribution < 1.29 is 14.6 Å². The van der Waals surface area contributed by atoms with E-state index in [0.717, 1.165) is 30.8 Å². The summed E-state index contributed by atoms with van der Waals surface area (Å²) in [4.78, 5) is 15.7. The first-order chi connectivity index (χ1) is 10.8. The largest absolute Gasteiger partial charge is 0.387 e. The number of carbonyl (C=O) groups excluding carboxylic acids is 1. The Bertz CT molecular complexity index is 480. The molecule has 5 nitrogen and oxygen atoms in total. The van der Waals surface area contributed by atoms with Gasteiger partial charge in [-0.15, -0.1) is 23.7 Å². The SMILES string of the molecule is Cl.O=C(C1CCCNC1)N1CCOCC1CC(O)c1cccs1. The Labute approximate surface area is 147 Å². The smallest absolute Gasteiger partial charge is 0.227 e. The van der Waals surface area contributed by atoms with E-state index in [4.69, 9.17) is 4.74 Å². The van der Waals surface area contributed by atoms with Gasteiger partial charge in [0.25, 0.3) is 0 Å². The molecule has 0 radical (unpaired) electrons. The summed E-state index contributed by atoms with van der Waals surface area (Å²) >= 11 is 1.55. The van der Waals surface area contributed by atoms with E-state index in [1.165, 1.54) is 0 Å². The van der Waals surface area contributed by atoms with E-state index >= 15 is 0 Å². The molecule has 0 aliphatic carbocycles. The molecule has 0 bridgehead atoms. The number of nitrogens with zero attached hydrogens (tertiary/aromatic N) is 1. The van der Waals surface area contributed by atoms with Crippen molar-refractivity contribution in [2.24, 2.45) is 5.92 Å². The van der Waals surface area contributed by atoms with Gasteiger partial charge in [-0.2, -0.15) is 0 Å². The average Bonchev–Trinajstić information content (AvgIpc) is 3.10. The van der Waals surface area contributed by atoms with Gasteiger partial charge in [-0.05, 0) is 30.8 Å². The van der Waals surface area contributed by atoms with Gasteiger partial charge >= 0.3 is 0 Å². The summed E-state index contributed by atoms with van der Waals surface area (Å²) < 4.78 is 5.55. The number of piperidine rings is 1. The minimum absolute atomic E-state index is 0. The molecule has 3 heterocycles. The first-order valence-electron chi connectivity index (χ1n) is 8.06. The maximum Gasteiger partial charge on any atom is 0.227 e. The minimum atomic E-state index is -0.522. The number of thiophene rings is 1. The summed E-state index contributed by atoms with van der Waals surface area (Å²) in [6.07, 6.45) is 2.05. The van der Waals surface area contributed by atoms with Gasteiger partial charge in [0.2, 0.25) is 5.91 Å². The average molecular weight is 361 g/mol. The minimum Gasteiger partial charge on any atom is -0.387 e. The standard InChI is InChI=1S/C16H24N2O3S.ClH/c19-14(15-4-2-8-22-15)9-13-11-21-7-6-18(13)16(20)12-3-1-5-17-10-12;/h2,4,8,12-14,17,19H,1,3,5-7,9-11H2;1H. The summed E-state index contributed by atoms with van der Waals surface area (Å²) in [7, 11) is 0. The normalized spacial score (nSPS) is 26.4. The Balaban J connectivity index is 0.00000192. The van der Waals surface area contributed by atoms with Crippen molar-refractivity contribution in [3.05, 3.63) is 22.4 Å². The maximum atomic E-state index is 12.8. The monoisotopic (exact) mass is 360 g/mol. The Hall–Kier alpha value is -0.660. The first-order valence-corrected chi connectivity index (χ1v) is 8.94. The number of rotatable bonds is 4. The molecule has 2 aliphatic heterocycles. The van der Waals surface area contributed by atoms with Crippen LogP contribution < -0.4 is 5.32 Å². The van der Waals surface area contributed by atoms with Gasteiger partial charge in [0.05, 0.1) is 31.3 Å². The van der Waals surface area contributed by atoms with Crippen LogP contribution in [-0.4, -0.2) is 54.8 Å². The van der Waals surface area contributed by atoms with E-state index in [9.17, 15) is 9.90 Å². The quantitative estimate of drug-likeness (QED) is 0.859. The summed E-state index contributed by atoms with van der Waals surface area (Å²) in [6, 6.07) is 3.85. The molecular weight excluding hydrogens is 336 g/mol. The van der Waals surface area contributed by atoms with E-state index in [-0.39, 0.29) is 30.3 Å². The number of hydrogen-bond acceptors (Lipinski definition) is 5. The predicted molar refractivity (Wildman–Crippen MR) is 93.1 cm³/mol. The number of nitrogens with one attached hydrogen (secondary N) is 1. The first kappa shape index (κ1) is 18.7. The van der Waals surface area contributed by atoms with Crippen molar-refractivity contribution in [3.8, 4) is 0 Å². The molecule has 0 saturated carbocycles. The third-order valence-corrected chi connectivity index (χ3v) is 5.50. The number of halogens is 1. The fourth-order valence-corrected chi connectivity index (χ4v) is 4.02. The number of hydrogen-bond donors (Lipinski definition) is 2. The summed E-state index contributed by atoms with van der Waals surface area (Å²) in [5, 5.41) is 15.6. The number of ether oxygens (including phenoxy) is 1. The van der Waals surface area contributed by atoms with Gasteiger partial charge in [-0.1, -0.05) is 6.07 Å². The van der Waals surface area contributed by atoms with E-state index in [0.29, 0.717) is 26.2 Å². The topological polar surface area (TPSA) is 61.8 Å². The highest BCUT2D eigenvalue weighted by Crippen LogP contribution is 2.27. The van der Waals surface area contributed by atoms with Gasteiger partial charge in [0, 0.05) is 24.4 Å². The molecule has 1 aromatic rings. The molecule has 23 heavy (non-hydrogen) atoms. The van der Waals surface area contributed by atoms with Crippen LogP contribution in [0, 0.1) is 5.92 Å². The molecule has 3 atom stereocenters. The van der Waals surface area contributed by atoms with Crippen LogP contribution in [0.1, 0.15) is 30.2 Å². The van der Waals surface area contributed by atoms with Crippen molar-refractivity contribution >= 4 is 29.7 Å². The molecule has 3 rings (SSSR count). The van der Waals surface area contributed by atoms with Crippen LogP contribution in [0.3, 0.4) is 0 Å². The van der Waals surface area contributed by atoms with Crippen molar-refractivity contribution in [1.82, 2.24) is 10.2 Å². The van der Waals surface area contributed by atoms with Crippen molar-refractivity contribution in [2.75, 3.05) is 32.8 Å². The van der Waals surface area contributed by atoms with Gasteiger partial charge in [-0.3, -0.25) is 4.79 Å². The highest BCUT2D eigenvalue weighted by molar-refractivity contribution is 7.10. The summed E-state index contributed by atoms with van der Waals surface area (Å²) in [5.74, 6) is 0.298. The Morgan fingerprint density at radius 1 is 1.57 bits per heavy atom. The second-order valence-corrected chi connectivity index (χ2v) is 7.05. The molecule has 2 N–H and O–H groups in total. The van der Waals surface area contributed by atoms with Gasteiger partial charge in [0.15, 0.2) is 0 Å². The molecule has 1 amide bonds. The lowest BCUT2D eigenvalue weighted by molar-refractivity contribution is -0.146. The lowest BCUT2D eigenvalue weighted by Gasteiger charge is -2.39. The maximum absolute atomic E-state index is 12.8. The van der Waals surface area contributed by atoms with E-state index in [1.807, 2.05) is 22.4 Å². The number of aliphatic hydroxyl groups excluding tert-OH is 1. The Kier molecular flexibility index (Phi) is 7.30. The second kappa shape index (κ2) is 8.99. The summed E-state index contributed by atoms with van der Waals surface area (Å²) in [5.41, 5.74) is 0. The van der Waals surface area contributed by atoms with Crippen molar-refractivity contribution in [3.63, 3.8) is 0 Å². The number of amides is 1. The van der Waals surface area contributed by atoms with Crippen LogP contribution in [0.25, 0.3) is 0 Å². The second-order valence-electron chi connectivity index (χ2n) is 6.07. The highest BCUT2D eigenvalue weighted by Gasteiger charge is 2.33. The molecule has 2 fully saturated rings. The molecule has 2 aliphatic rings. The molecule has 3 unspecified atom stereocenters. The molecular formula is C16H25ClN2O3S. The molecule has 0 aromatic carbocycles. The van der Waals surface area contributed by atoms with Gasteiger partial charge in [0.1, 0.15) is 0 Å². The zero-order valence-corrected chi connectivity index (χ0v) is 14.8. The predicted octanol–water partition coefficient (Wildman–Crippen LogP) is 1.82. The van der Waals surface area contributed by atoms with Crippen LogP contribution in [0.15, 0.2) is 17.5 Å². The summed E-state index contributed by atoms with van der Waals surface area (Å²) in [6.45, 7) is 3.53. The van der Waals surface area contributed by atoms with E-state index < -0.39 is 6.10 Å². The number of aliphatic hydroxyl groups is 1. The van der Waals surface area contributed by atoms with Crippen LogP contribution >= 0.6 is 23.7 Å². The zero-order chi connectivity index (χ0) is 15.4. The number of carbonyl (C=O) groups is 1. The van der Waals surface area contributed by atoms with Crippen LogP contribution in [0.5, 0.6) is 0 Å². The zero-order valence-electron chi connectivity index (χ0n) is 13.1. The van der Waals surface area contributed by atoms with E-state index in [2.05, 4.69) is 5.32 Å². The lowest BCUT2D eigenvalue weighted by Crippen LogP contribution is -2.53. The van der Waals surface area contributed by atoms with Crippen LogP contribution in [0.4, 0.5) is 0 Å². The fourth-order valence-electron chi connectivity index (χ4n) is 3.29. The molecule has 7 heteroatoms. The molecule has 2 saturated heterocycles. The van der Waals surface area contributed by atoms with Crippen LogP contribution in [-0.2, 0) is 9.53 Å². The van der Waals surface area contributed by atoms with Crippen molar-refractivity contribution in [1.29, 1.82) is 0 Å². The molecule has 130 valence electrons. The fraction of sp³-hybridized carbons (Fsp3) is 0.688. The van der Waals surface area contributed by atoms with Gasteiger partial charge < -0.3 is 20.1 Å². The highest BCUT2D eigenvalue weighted by atomic mass is 35.5. The van der Waals surface area contributed by atoms with Gasteiger partial charge in [-0.25, -0.2) is 0 Å².